The minimum atomic E-state index is 0.302. The van der Waals surface area contributed by atoms with Crippen LogP contribution in [-0.2, 0) is 0 Å². The first-order valence-electron chi connectivity index (χ1n) is 7.12. The van der Waals surface area contributed by atoms with Gasteiger partial charge in [0.1, 0.15) is 0 Å². The van der Waals surface area contributed by atoms with E-state index in [4.69, 9.17) is 5.73 Å². The zero-order valence-corrected chi connectivity index (χ0v) is 10.4. The SMILES string of the molecule is NC1=NCC2(CCN3CCCC3C2)N1C1CC1. The summed E-state index contributed by atoms with van der Waals surface area (Å²) >= 11 is 0. The van der Waals surface area contributed by atoms with Gasteiger partial charge in [-0.15, -0.1) is 0 Å². The number of nitrogens with zero attached hydrogens (tertiary/aromatic N) is 3. The van der Waals surface area contributed by atoms with E-state index in [9.17, 15) is 0 Å². The molecule has 17 heavy (non-hydrogen) atoms. The number of hydrogen-bond donors (Lipinski definition) is 1. The Balaban J connectivity index is 1.60. The first kappa shape index (κ1) is 10.2. The van der Waals surface area contributed by atoms with Crippen LogP contribution >= 0.6 is 0 Å². The van der Waals surface area contributed by atoms with E-state index in [0.717, 1.165) is 18.5 Å². The van der Waals surface area contributed by atoms with Crippen molar-refractivity contribution in [1.82, 2.24) is 9.80 Å². The largest absolute Gasteiger partial charge is 0.370 e. The van der Waals surface area contributed by atoms with E-state index < -0.39 is 0 Å². The Hall–Kier alpha value is -0.770. The normalized spacial score (nSPS) is 42.0. The number of fused-ring (bicyclic) bond motifs is 1. The third-order valence-corrected chi connectivity index (χ3v) is 5.18. The van der Waals surface area contributed by atoms with Gasteiger partial charge in [0.05, 0.1) is 12.1 Å². The second kappa shape index (κ2) is 3.37. The summed E-state index contributed by atoms with van der Waals surface area (Å²) in [6.07, 6.45) is 8.00. The fourth-order valence-electron chi connectivity index (χ4n) is 4.21. The van der Waals surface area contributed by atoms with Crippen molar-refractivity contribution in [2.45, 2.75) is 56.1 Å². The molecule has 3 aliphatic heterocycles. The number of piperidine rings is 1. The second-order valence-corrected chi connectivity index (χ2v) is 6.29. The fourth-order valence-corrected chi connectivity index (χ4v) is 4.21. The molecule has 94 valence electrons. The smallest absolute Gasteiger partial charge is 0.192 e. The molecular formula is C13H22N4. The molecule has 1 aliphatic carbocycles. The molecule has 4 heteroatoms. The number of aliphatic imine (C=N–C) groups is 1. The zero-order chi connectivity index (χ0) is 11.5. The van der Waals surface area contributed by atoms with Crippen molar-refractivity contribution in [2.24, 2.45) is 10.7 Å². The maximum absolute atomic E-state index is 6.12. The predicted octanol–water partition coefficient (Wildman–Crippen LogP) is 0.776. The Kier molecular flexibility index (Phi) is 2.02. The lowest BCUT2D eigenvalue weighted by Gasteiger charge is -2.47. The van der Waals surface area contributed by atoms with Gasteiger partial charge in [0.25, 0.3) is 0 Å². The second-order valence-electron chi connectivity index (χ2n) is 6.29. The molecule has 4 nitrogen and oxygen atoms in total. The van der Waals surface area contributed by atoms with Crippen molar-refractivity contribution in [3.05, 3.63) is 0 Å². The highest BCUT2D eigenvalue weighted by atomic mass is 15.4. The van der Waals surface area contributed by atoms with Gasteiger partial charge in [0, 0.05) is 18.6 Å². The molecule has 0 radical (unpaired) electrons. The predicted molar refractivity (Wildman–Crippen MR) is 67.9 cm³/mol. The van der Waals surface area contributed by atoms with Gasteiger partial charge in [-0.1, -0.05) is 0 Å². The van der Waals surface area contributed by atoms with Crippen molar-refractivity contribution in [3.8, 4) is 0 Å². The van der Waals surface area contributed by atoms with Crippen LogP contribution in [0.4, 0.5) is 0 Å². The summed E-state index contributed by atoms with van der Waals surface area (Å²) < 4.78 is 0. The molecule has 4 aliphatic rings. The van der Waals surface area contributed by atoms with Crippen LogP contribution < -0.4 is 5.73 Å². The minimum Gasteiger partial charge on any atom is -0.370 e. The molecule has 0 aromatic carbocycles. The van der Waals surface area contributed by atoms with Crippen LogP contribution in [0.15, 0.2) is 4.99 Å². The Morgan fingerprint density at radius 1 is 1.18 bits per heavy atom. The lowest BCUT2D eigenvalue weighted by atomic mass is 9.82. The van der Waals surface area contributed by atoms with Gasteiger partial charge in [-0.2, -0.15) is 0 Å². The summed E-state index contributed by atoms with van der Waals surface area (Å²) in [6, 6.07) is 1.53. The maximum atomic E-state index is 6.12. The monoisotopic (exact) mass is 234 g/mol. The summed E-state index contributed by atoms with van der Waals surface area (Å²) in [5.74, 6) is 0.832. The average Bonchev–Trinajstić information content (AvgIpc) is 2.96. The topological polar surface area (TPSA) is 44.9 Å². The van der Waals surface area contributed by atoms with Gasteiger partial charge in [-0.3, -0.25) is 4.99 Å². The molecular weight excluding hydrogens is 212 g/mol. The van der Waals surface area contributed by atoms with E-state index >= 15 is 0 Å². The highest BCUT2D eigenvalue weighted by molar-refractivity contribution is 5.81. The zero-order valence-electron chi connectivity index (χ0n) is 10.4. The summed E-state index contributed by atoms with van der Waals surface area (Å²) in [4.78, 5) is 9.76. The summed E-state index contributed by atoms with van der Waals surface area (Å²) in [7, 11) is 0. The van der Waals surface area contributed by atoms with Crippen LogP contribution in [0.2, 0.25) is 0 Å². The number of nitrogens with two attached hydrogens (primary N) is 1. The minimum absolute atomic E-state index is 0.302. The summed E-state index contributed by atoms with van der Waals surface area (Å²) in [5, 5.41) is 0. The lowest BCUT2D eigenvalue weighted by Crippen LogP contribution is -2.59. The highest BCUT2D eigenvalue weighted by Gasteiger charge is 2.52. The van der Waals surface area contributed by atoms with Gasteiger partial charge in [-0.05, 0) is 45.1 Å². The molecule has 2 saturated heterocycles. The van der Waals surface area contributed by atoms with E-state index in [1.165, 1.54) is 51.6 Å². The molecule has 3 heterocycles. The molecule has 4 rings (SSSR count). The number of hydrogen-bond acceptors (Lipinski definition) is 4. The van der Waals surface area contributed by atoms with Crippen LogP contribution in [0.1, 0.15) is 38.5 Å². The fraction of sp³-hybridized carbons (Fsp3) is 0.923. The van der Waals surface area contributed by atoms with E-state index in [2.05, 4.69) is 14.8 Å². The van der Waals surface area contributed by atoms with E-state index in [1.807, 2.05) is 0 Å². The van der Waals surface area contributed by atoms with Crippen LogP contribution in [0.3, 0.4) is 0 Å². The molecule has 0 aromatic heterocycles. The van der Waals surface area contributed by atoms with Gasteiger partial charge in [0.2, 0.25) is 0 Å². The first-order valence-corrected chi connectivity index (χ1v) is 7.12. The molecule has 1 saturated carbocycles. The van der Waals surface area contributed by atoms with Crippen molar-refractivity contribution < 1.29 is 0 Å². The van der Waals surface area contributed by atoms with E-state index in [-0.39, 0.29) is 0 Å². The van der Waals surface area contributed by atoms with E-state index in [1.54, 1.807) is 0 Å². The summed E-state index contributed by atoms with van der Waals surface area (Å²) in [6.45, 7) is 3.54. The Bertz CT molecular complexity index is 362. The first-order chi connectivity index (χ1) is 8.28. The molecule has 1 spiro atoms. The van der Waals surface area contributed by atoms with Crippen LogP contribution in [0, 0.1) is 0 Å². The molecule has 3 fully saturated rings. The van der Waals surface area contributed by atoms with E-state index in [0.29, 0.717) is 11.6 Å². The average molecular weight is 234 g/mol. The van der Waals surface area contributed by atoms with Crippen molar-refractivity contribution in [3.63, 3.8) is 0 Å². The van der Waals surface area contributed by atoms with Crippen LogP contribution in [0.25, 0.3) is 0 Å². The number of rotatable bonds is 1. The Morgan fingerprint density at radius 2 is 2.06 bits per heavy atom. The highest BCUT2D eigenvalue weighted by Crippen LogP contribution is 2.44. The molecule has 0 aromatic rings. The van der Waals surface area contributed by atoms with Gasteiger partial charge in [0.15, 0.2) is 5.96 Å². The van der Waals surface area contributed by atoms with Crippen LogP contribution in [0.5, 0.6) is 0 Å². The Labute approximate surface area is 103 Å². The van der Waals surface area contributed by atoms with Crippen molar-refractivity contribution in [1.29, 1.82) is 0 Å². The van der Waals surface area contributed by atoms with Gasteiger partial charge >= 0.3 is 0 Å². The lowest BCUT2D eigenvalue weighted by molar-refractivity contribution is 0.0592. The number of guanidine groups is 1. The molecule has 0 bridgehead atoms. The standard InChI is InChI=1S/C13H22N4/c14-12-15-9-13(17(12)10-3-4-10)5-7-16-6-1-2-11(16)8-13/h10-11H,1-9H2,(H2,14,15). The van der Waals surface area contributed by atoms with Gasteiger partial charge in [-0.25, -0.2) is 0 Å². The quantitative estimate of drug-likeness (QED) is 0.729. The van der Waals surface area contributed by atoms with Crippen LogP contribution in [-0.4, -0.2) is 53.0 Å². The molecule has 2 unspecified atom stereocenters. The van der Waals surface area contributed by atoms with Crippen molar-refractivity contribution >= 4 is 5.96 Å². The Morgan fingerprint density at radius 3 is 2.88 bits per heavy atom. The molecule has 2 N–H and O–H groups in total. The third kappa shape index (κ3) is 1.43. The molecule has 2 atom stereocenters. The van der Waals surface area contributed by atoms with Crippen molar-refractivity contribution in [2.75, 3.05) is 19.6 Å². The summed E-state index contributed by atoms with van der Waals surface area (Å²) in [5.41, 5.74) is 6.43. The molecule has 0 amide bonds. The third-order valence-electron chi connectivity index (χ3n) is 5.18. The van der Waals surface area contributed by atoms with Gasteiger partial charge < -0.3 is 15.5 Å². The maximum Gasteiger partial charge on any atom is 0.192 e.